The van der Waals surface area contributed by atoms with Gasteiger partial charge in [-0.15, -0.1) is 0 Å². The van der Waals surface area contributed by atoms with E-state index in [1.165, 1.54) is 38.5 Å². The molecule has 0 fully saturated rings. The lowest BCUT2D eigenvalue weighted by molar-refractivity contribution is 0.0184. The Balaban J connectivity index is 2.99. The molecule has 0 aromatic rings. The van der Waals surface area contributed by atoms with Crippen molar-refractivity contribution in [2.75, 3.05) is 13.4 Å². The van der Waals surface area contributed by atoms with Gasteiger partial charge < -0.3 is 9.16 Å². The fourth-order valence-electron chi connectivity index (χ4n) is 1.53. The Morgan fingerprint density at radius 2 is 1.53 bits per heavy atom. The Kier molecular flexibility index (Phi) is 9.45. The molecule has 0 rings (SSSR count). The molecule has 0 atom stereocenters. The maximum atomic E-state index is 5.26. The van der Waals surface area contributed by atoms with Crippen LogP contribution in [-0.2, 0) is 9.16 Å². The smallest absolute Gasteiger partial charge is 0.149 e. The van der Waals surface area contributed by atoms with Crippen LogP contribution in [0.25, 0.3) is 0 Å². The van der Waals surface area contributed by atoms with Crippen molar-refractivity contribution in [3.05, 3.63) is 0 Å². The minimum atomic E-state index is 0.496. The lowest BCUT2D eigenvalue weighted by atomic mass is 9.89. The van der Waals surface area contributed by atoms with Gasteiger partial charge in [-0.2, -0.15) is 0 Å². The molecule has 3 heteroatoms. The highest BCUT2D eigenvalue weighted by atomic mass is 28.2. The average molecular weight is 232 g/mol. The second kappa shape index (κ2) is 9.37. The maximum absolute atomic E-state index is 5.26. The highest BCUT2D eigenvalue weighted by Gasteiger charge is 2.08. The van der Waals surface area contributed by atoms with Gasteiger partial charge in [0, 0.05) is 6.61 Å². The zero-order valence-corrected chi connectivity index (χ0v) is 13.0. The van der Waals surface area contributed by atoms with Crippen LogP contribution >= 0.6 is 0 Å². The van der Waals surface area contributed by atoms with Gasteiger partial charge in [0.2, 0.25) is 0 Å². The summed E-state index contributed by atoms with van der Waals surface area (Å²) in [5, 5.41) is 0. The minimum absolute atomic E-state index is 0.496. The molecule has 0 heterocycles. The quantitative estimate of drug-likeness (QED) is 0.346. The average Bonchev–Trinajstić information content (AvgIpc) is 2.14. The van der Waals surface area contributed by atoms with E-state index in [2.05, 4.69) is 20.8 Å². The Morgan fingerprint density at radius 1 is 0.933 bits per heavy atom. The lowest BCUT2D eigenvalue weighted by Crippen LogP contribution is -2.04. The molecule has 0 spiro atoms. The first-order valence-corrected chi connectivity index (χ1v) is 6.94. The molecule has 0 saturated heterocycles. The molecular formula is C12H28O2Si. The molecule has 92 valence electrons. The van der Waals surface area contributed by atoms with Crippen molar-refractivity contribution in [1.82, 2.24) is 0 Å². The van der Waals surface area contributed by atoms with Crippen LogP contribution in [0.4, 0.5) is 0 Å². The topological polar surface area (TPSA) is 18.5 Å². The van der Waals surface area contributed by atoms with Crippen LogP contribution in [0.15, 0.2) is 0 Å². The number of hydrogen-bond acceptors (Lipinski definition) is 2. The summed E-state index contributed by atoms with van der Waals surface area (Å²) in [7, 11) is 0.780. The van der Waals surface area contributed by atoms with E-state index in [1.807, 2.05) is 0 Å². The molecule has 2 nitrogen and oxygen atoms in total. The molecule has 15 heavy (non-hydrogen) atoms. The van der Waals surface area contributed by atoms with E-state index in [0.29, 0.717) is 12.2 Å². The van der Waals surface area contributed by atoms with Crippen molar-refractivity contribution in [3.63, 3.8) is 0 Å². The largest absolute Gasteiger partial charge is 0.406 e. The molecule has 0 amide bonds. The number of hydrogen-bond donors (Lipinski definition) is 0. The summed E-state index contributed by atoms with van der Waals surface area (Å²) in [5.74, 6) is 0. The van der Waals surface area contributed by atoms with Gasteiger partial charge >= 0.3 is 0 Å². The number of ether oxygens (including phenoxy) is 1. The van der Waals surface area contributed by atoms with Crippen molar-refractivity contribution in [2.24, 2.45) is 5.41 Å². The van der Waals surface area contributed by atoms with Gasteiger partial charge in [-0.25, -0.2) is 0 Å². The van der Waals surface area contributed by atoms with E-state index >= 15 is 0 Å². The molecule has 0 unspecified atom stereocenters. The lowest BCUT2D eigenvalue weighted by Gasteiger charge is -2.17. The summed E-state index contributed by atoms with van der Waals surface area (Å²) < 4.78 is 10.2. The van der Waals surface area contributed by atoms with Crippen LogP contribution in [0.3, 0.4) is 0 Å². The minimum Gasteiger partial charge on any atom is -0.406 e. The molecule has 0 aromatic carbocycles. The van der Waals surface area contributed by atoms with E-state index < -0.39 is 0 Å². The van der Waals surface area contributed by atoms with Crippen LogP contribution in [0.1, 0.15) is 59.3 Å². The fraction of sp³-hybridized carbons (Fsp3) is 1.00. The molecule has 0 radical (unpaired) electrons. The summed E-state index contributed by atoms with van der Waals surface area (Å²) in [6, 6.07) is 0. The van der Waals surface area contributed by atoms with Gasteiger partial charge in [-0.1, -0.05) is 46.5 Å². The summed E-state index contributed by atoms with van der Waals surface area (Å²) in [6.07, 6.45) is 7.91. The molecule has 0 aliphatic heterocycles. The van der Waals surface area contributed by atoms with Gasteiger partial charge in [0.15, 0.2) is 0 Å². The summed E-state index contributed by atoms with van der Waals surface area (Å²) in [4.78, 5) is 0. The zero-order chi connectivity index (χ0) is 11.6. The van der Waals surface area contributed by atoms with Crippen LogP contribution < -0.4 is 0 Å². The van der Waals surface area contributed by atoms with Crippen molar-refractivity contribution in [3.8, 4) is 0 Å². The van der Waals surface area contributed by atoms with Crippen molar-refractivity contribution < 1.29 is 9.16 Å². The number of rotatable bonds is 9. The van der Waals surface area contributed by atoms with Crippen LogP contribution in [0.5, 0.6) is 0 Å². The van der Waals surface area contributed by atoms with Gasteiger partial charge in [-0.3, -0.25) is 0 Å². The second-order valence-corrected chi connectivity index (χ2v) is 5.97. The van der Waals surface area contributed by atoms with Crippen molar-refractivity contribution in [2.45, 2.75) is 59.3 Å². The Morgan fingerprint density at radius 3 is 2.13 bits per heavy atom. The van der Waals surface area contributed by atoms with E-state index in [-0.39, 0.29) is 0 Å². The first kappa shape index (κ1) is 15.1. The molecule has 0 aliphatic carbocycles. The van der Waals surface area contributed by atoms with Crippen molar-refractivity contribution >= 4 is 10.5 Å². The standard InChI is InChI=1S/C12H28O2Si/c1-12(2,3)9-7-5-4-6-8-10-13-11-14-15/h4-11H2,1-3,15H3. The third kappa shape index (κ3) is 14.1. The second-order valence-electron chi connectivity index (χ2n) is 5.39. The van der Waals surface area contributed by atoms with E-state index in [1.54, 1.807) is 0 Å². The Labute approximate surface area is 98.3 Å². The third-order valence-corrected chi connectivity index (χ3v) is 2.65. The highest BCUT2D eigenvalue weighted by Crippen LogP contribution is 2.22. The van der Waals surface area contributed by atoms with Gasteiger partial charge in [-0.05, 0) is 18.3 Å². The molecule has 0 bridgehead atoms. The first-order valence-electron chi connectivity index (χ1n) is 6.13. The Bertz CT molecular complexity index is 132. The number of unbranched alkanes of at least 4 members (excludes halogenated alkanes) is 4. The predicted octanol–water partition coefficient (Wildman–Crippen LogP) is 2.64. The highest BCUT2D eigenvalue weighted by molar-refractivity contribution is 5.97. The predicted molar refractivity (Wildman–Crippen MR) is 69.0 cm³/mol. The molecule has 0 aliphatic rings. The van der Waals surface area contributed by atoms with Crippen molar-refractivity contribution in [1.29, 1.82) is 0 Å². The first-order chi connectivity index (χ1) is 7.06. The maximum Gasteiger partial charge on any atom is 0.149 e. The van der Waals surface area contributed by atoms with Gasteiger partial charge in [0.1, 0.15) is 17.3 Å². The third-order valence-electron chi connectivity index (χ3n) is 2.42. The van der Waals surface area contributed by atoms with Crippen LogP contribution in [0.2, 0.25) is 0 Å². The zero-order valence-electron chi connectivity index (χ0n) is 11.0. The molecule has 0 aromatic heterocycles. The normalized spacial score (nSPS) is 12.2. The fourth-order valence-corrected chi connectivity index (χ4v) is 1.70. The summed E-state index contributed by atoms with van der Waals surface area (Å²) in [6.45, 7) is 8.30. The van der Waals surface area contributed by atoms with Crippen LogP contribution in [-0.4, -0.2) is 23.9 Å². The van der Waals surface area contributed by atoms with Crippen LogP contribution in [0, 0.1) is 5.41 Å². The SMILES string of the molecule is CC(C)(C)CCCCCCCOCO[SiH3]. The summed E-state index contributed by atoms with van der Waals surface area (Å²) in [5.41, 5.74) is 0.505. The monoisotopic (exact) mass is 232 g/mol. The van der Waals surface area contributed by atoms with E-state index in [4.69, 9.17) is 9.16 Å². The molecular weight excluding hydrogens is 204 g/mol. The molecule has 0 saturated carbocycles. The van der Waals surface area contributed by atoms with Gasteiger partial charge in [0.25, 0.3) is 0 Å². The Hall–Kier alpha value is 0.137. The van der Waals surface area contributed by atoms with Gasteiger partial charge in [0.05, 0.1) is 0 Å². The van der Waals surface area contributed by atoms with E-state index in [9.17, 15) is 0 Å². The molecule has 0 N–H and O–H groups in total. The summed E-state index contributed by atoms with van der Waals surface area (Å²) >= 11 is 0. The van der Waals surface area contributed by atoms with E-state index in [0.717, 1.165) is 17.1 Å².